The summed E-state index contributed by atoms with van der Waals surface area (Å²) in [6.07, 6.45) is 0. The number of hydrogen-bond donors (Lipinski definition) is 0. The molecule has 0 saturated carbocycles. The van der Waals surface area contributed by atoms with Crippen molar-refractivity contribution in [3.63, 3.8) is 0 Å². The Balaban J connectivity index is 1.03. The van der Waals surface area contributed by atoms with Crippen LogP contribution in [0.25, 0.3) is 133 Å². The lowest BCUT2D eigenvalue weighted by Crippen LogP contribution is -2.02. The monoisotopic (exact) mass is 868 g/mol. The Labute approximate surface area is 378 Å². The van der Waals surface area contributed by atoms with E-state index in [0.717, 1.165) is 39.0 Å². The van der Waals surface area contributed by atoms with Gasteiger partial charge in [0.25, 0.3) is 0 Å². The predicted molar refractivity (Wildman–Crippen MR) is 275 cm³/mol. The van der Waals surface area contributed by atoms with Crippen LogP contribution in [0.5, 0.6) is 0 Å². The van der Waals surface area contributed by atoms with Gasteiger partial charge >= 0.3 is 0 Å². The summed E-state index contributed by atoms with van der Waals surface area (Å²) in [6, 6.07) is 70.2. The molecule has 14 rings (SSSR count). The minimum Gasteiger partial charge on any atom is -0.309 e. The molecule has 14 aromatic rings. The summed E-state index contributed by atoms with van der Waals surface area (Å²) in [7, 11) is 0. The van der Waals surface area contributed by atoms with Crippen molar-refractivity contribution < 1.29 is 0 Å². The van der Waals surface area contributed by atoms with E-state index in [1.54, 1.807) is 0 Å². The van der Waals surface area contributed by atoms with Gasteiger partial charge in [-0.3, -0.25) is 0 Å². The van der Waals surface area contributed by atoms with Crippen LogP contribution in [0, 0.1) is 0 Å². The van der Waals surface area contributed by atoms with Crippen molar-refractivity contribution in [2.24, 2.45) is 0 Å². The van der Waals surface area contributed by atoms with E-state index >= 15 is 0 Å². The molecule has 5 aromatic heterocycles. The number of rotatable bonds is 5. The first-order valence-corrected chi connectivity index (χ1v) is 23.8. The fraction of sp³-hybridized carbons (Fsp3) is 0. The maximum Gasteiger partial charge on any atom is 0.164 e. The van der Waals surface area contributed by atoms with E-state index in [-0.39, 0.29) is 0 Å². The van der Waals surface area contributed by atoms with Crippen molar-refractivity contribution in [3.8, 4) is 51.0 Å². The third kappa shape index (κ3) is 5.55. The third-order valence-electron chi connectivity index (χ3n) is 12.6. The second-order valence-electron chi connectivity index (χ2n) is 16.3. The highest BCUT2D eigenvalue weighted by molar-refractivity contribution is 7.27. The summed E-state index contributed by atoms with van der Waals surface area (Å²) < 4.78 is 10.1. The van der Waals surface area contributed by atoms with Gasteiger partial charge in [-0.05, 0) is 96.1 Å². The molecule has 7 heteroatoms. The van der Waals surface area contributed by atoms with Crippen LogP contribution < -0.4 is 0 Å². The second kappa shape index (κ2) is 14.0. The molecule has 5 heterocycles. The number of fused-ring (bicyclic) bond motifs is 13. The van der Waals surface area contributed by atoms with Crippen LogP contribution in [0.15, 0.2) is 194 Å². The van der Waals surface area contributed by atoms with Crippen molar-refractivity contribution in [1.29, 1.82) is 0 Å². The van der Waals surface area contributed by atoms with Crippen LogP contribution in [0.4, 0.5) is 0 Å². The van der Waals surface area contributed by atoms with Gasteiger partial charge in [-0.25, -0.2) is 15.0 Å². The molecule has 0 fully saturated rings. The molecule has 0 N–H and O–H groups in total. The van der Waals surface area contributed by atoms with E-state index in [2.05, 4.69) is 199 Å². The lowest BCUT2D eigenvalue weighted by atomic mass is 10.0. The molecular formula is C57H32N4S3. The van der Waals surface area contributed by atoms with Crippen LogP contribution in [0.1, 0.15) is 0 Å². The highest BCUT2D eigenvalue weighted by Gasteiger charge is 2.21. The Kier molecular flexibility index (Phi) is 7.86. The zero-order valence-electron chi connectivity index (χ0n) is 34.0. The lowest BCUT2D eigenvalue weighted by Gasteiger charge is -2.14. The van der Waals surface area contributed by atoms with Gasteiger partial charge in [-0.15, -0.1) is 34.0 Å². The predicted octanol–water partition coefficient (Wildman–Crippen LogP) is 16.7. The van der Waals surface area contributed by atoms with Crippen LogP contribution in [0.2, 0.25) is 0 Å². The van der Waals surface area contributed by atoms with Gasteiger partial charge in [0.05, 0.1) is 11.0 Å². The van der Waals surface area contributed by atoms with Crippen molar-refractivity contribution >= 4 is 116 Å². The van der Waals surface area contributed by atoms with Gasteiger partial charge in [0.1, 0.15) is 0 Å². The average molecular weight is 869 g/mol. The van der Waals surface area contributed by atoms with E-state index in [9.17, 15) is 0 Å². The van der Waals surface area contributed by atoms with Crippen LogP contribution >= 0.6 is 34.0 Å². The largest absolute Gasteiger partial charge is 0.309 e. The molecule has 0 unspecified atom stereocenters. The Hall–Kier alpha value is -7.55. The molecule has 0 bridgehead atoms. The Morgan fingerprint density at radius 1 is 0.297 bits per heavy atom. The van der Waals surface area contributed by atoms with E-state index in [1.165, 1.54) is 76.8 Å². The highest BCUT2D eigenvalue weighted by Crippen LogP contribution is 2.45. The Morgan fingerprint density at radius 3 is 1.44 bits per heavy atom. The molecule has 64 heavy (non-hydrogen) atoms. The molecule has 0 aliphatic rings. The van der Waals surface area contributed by atoms with Crippen LogP contribution in [-0.4, -0.2) is 19.5 Å². The molecule has 0 atom stereocenters. The molecule has 0 radical (unpaired) electrons. The zero-order chi connectivity index (χ0) is 41.9. The molecule has 4 nitrogen and oxygen atoms in total. The normalized spacial score (nSPS) is 12.1. The van der Waals surface area contributed by atoms with Crippen molar-refractivity contribution in [1.82, 2.24) is 19.5 Å². The van der Waals surface area contributed by atoms with Gasteiger partial charge in [-0.1, -0.05) is 109 Å². The first-order valence-electron chi connectivity index (χ1n) is 21.3. The molecule has 0 aliphatic carbocycles. The minimum absolute atomic E-state index is 0.622. The molecule has 9 aromatic carbocycles. The molecule has 0 amide bonds. The molecular weight excluding hydrogens is 837 g/mol. The first kappa shape index (κ1) is 36.0. The van der Waals surface area contributed by atoms with E-state index in [0.29, 0.717) is 17.5 Å². The van der Waals surface area contributed by atoms with Crippen molar-refractivity contribution in [2.45, 2.75) is 0 Å². The van der Waals surface area contributed by atoms with Crippen molar-refractivity contribution in [2.75, 3.05) is 0 Å². The minimum atomic E-state index is 0.622. The number of nitrogens with zero attached hydrogens (tertiary/aromatic N) is 4. The number of para-hydroxylation sites is 1. The smallest absolute Gasteiger partial charge is 0.164 e. The summed E-state index contributed by atoms with van der Waals surface area (Å²) in [6.45, 7) is 0. The first-order chi connectivity index (χ1) is 31.7. The van der Waals surface area contributed by atoms with E-state index in [1.807, 2.05) is 34.0 Å². The van der Waals surface area contributed by atoms with Crippen LogP contribution in [0.3, 0.4) is 0 Å². The summed E-state index contributed by atoms with van der Waals surface area (Å²) in [5.41, 5.74) is 8.40. The topological polar surface area (TPSA) is 43.6 Å². The summed E-state index contributed by atoms with van der Waals surface area (Å²) in [5.74, 6) is 1.91. The van der Waals surface area contributed by atoms with Gasteiger partial charge in [0, 0.05) is 93.7 Å². The SMILES string of the molecule is c1ccc(-c2cc(-c3nc(-c4ccc5sc6ccccc6c5c4)nc(-c4ccc5sc6ccccc6c5c4)n3)cc(-n3c4ccccc4c4c5sc6ccccc6c5ccc43)c2)cc1. The number of thiophene rings is 3. The quantitative estimate of drug-likeness (QED) is 0.173. The maximum atomic E-state index is 5.40. The third-order valence-corrected chi connectivity index (χ3v) is 16.1. The standard InChI is InChI=1S/C57H32N4S3/c1-2-12-33(13-3-1)36-28-37(30-38(29-36)61-46-18-8-4-17-43(46)53-47(61)25-24-42-39-14-5-11-21-50(39)64-54(42)53)57-59-55(34-22-26-51-44(31-34)40-15-6-9-19-48(40)62-51)58-56(60-57)35-23-27-52-45(32-35)41-16-7-10-20-49(41)63-52/h1-32H. The summed E-state index contributed by atoms with van der Waals surface area (Å²) in [5, 5.41) is 10.0. The second-order valence-corrected chi connectivity index (χ2v) is 19.6. The van der Waals surface area contributed by atoms with Gasteiger partial charge in [0.2, 0.25) is 0 Å². The van der Waals surface area contributed by atoms with Gasteiger partial charge in [0.15, 0.2) is 17.5 Å². The maximum absolute atomic E-state index is 5.40. The zero-order valence-corrected chi connectivity index (χ0v) is 36.4. The van der Waals surface area contributed by atoms with E-state index < -0.39 is 0 Å². The Bertz CT molecular complexity index is 4080. The summed E-state index contributed by atoms with van der Waals surface area (Å²) >= 11 is 5.51. The average Bonchev–Trinajstić information content (AvgIpc) is 4.12. The number of aromatic nitrogens is 4. The van der Waals surface area contributed by atoms with Gasteiger partial charge < -0.3 is 4.57 Å². The van der Waals surface area contributed by atoms with Crippen molar-refractivity contribution in [3.05, 3.63) is 194 Å². The number of hydrogen-bond acceptors (Lipinski definition) is 6. The fourth-order valence-electron chi connectivity index (χ4n) is 9.67. The highest BCUT2D eigenvalue weighted by atomic mass is 32.1. The Morgan fingerprint density at radius 2 is 0.797 bits per heavy atom. The van der Waals surface area contributed by atoms with E-state index in [4.69, 9.17) is 15.0 Å². The molecule has 0 spiro atoms. The fourth-order valence-corrected chi connectivity index (χ4v) is 13.1. The summed E-state index contributed by atoms with van der Waals surface area (Å²) in [4.78, 5) is 16.1. The van der Waals surface area contributed by atoms with Gasteiger partial charge in [-0.2, -0.15) is 0 Å². The lowest BCUT2D eigenvalue weighted by molar-refractivity contribution is 1.07. The molecule has 0 saturated heterocycles. The van der Waals surface area contributed by atoms with Crippen LogP contribution in [-0.2, 0) is 0 Å². The molecule has 0 aliphatic heterocycles. The number of benzene rings is 9. The molecule has 298 valence electrons.